The molecule has 0 aromatic carbocycles. The van der Waals surface area contributed by atoms with Gasteiger partial charge in [-0.05, 0) is 33.1 Å². The van der Waals surface area contributed by atoms with E-state index >= 15 is 0 Å². The molecule has 0 unspecified atom stereocenters. The summed E-state index contributed by atoms with van der Waals surface area (Å²) in [6, 6.07) is 0. The molecule has 78 valence electrons. The van der Waals surface area contributed by atoms with E-state index in [-0.39, 0.29) is 5.60 Å². The maximum Gasteiger partial charge on any atom is 0.0644 e. The average Bonchev–Trinajstić information content (AvgIpc) is 2.01. The Morgan fingerprint density at radius 3 is 2.46 bits per heavy atom. The highest BCUT2D eigenvalue weighted by Gasteiger charge is 2.28. The third-order valence-electron chi connectivity index (χ3n) is 2.65. The first-order valence-corrected chi connectivity index (χ1v) is 5.28. The van der Waals surface area contributed by atoms with Gasteiger partial charge in [0.05, 0.1) is 11.7 Å². The van der Waals surface area contributed by atoms with E-state index in [1.54, 1.807) is 7.11 Å². The summed E-state index contributed by atoms with van der Waals surface area (Å²) in [5, 5.41) is 0.348. The van der Waals surface area contributed by atoms with Crippen molar-refractivity contribution in [1.82, 2.24) is 0 Å². The van der Waals surface area contributed by atoms with Crippen LogP contribution >= 0.6 is 11.6 Å². The van der Waals surface area contributed by atoms with Gasteiger partial charge in [-0.3, -0.25) is 0 Å². The Kier molecular flexibility index (Phi) is 4.02. The molecule has 0 aromatic rings. The molecular weight excluding hydrogens is 188 g/mol. The maximum atomic E-state index is 5.84. The smallest absolute Gasteiger partial charge is 0.0644 e. The SMILES string of the molecule is COC(C)(C)CCOC1CC(Cl)C1. The molecular formula is C10H19ClO2. The molecule has 0 heterocycles. The first-order valence-electron chi connectivity index (χ1n) is 4.84. The molecule has 0 aromatic heterocycles. The Balaban J connectivity index is 2.01. The van der Waals surface area contributed by atoms with Gasteiger partial charge >= 0.3 is 0 Å². The van der Waals surface area contributed by atoms with Gasteiger partial charge in [-0.1, -0.05) is 0 Å². The van der Waals surface area contributed by atoms with E-state index in [9.17, 15) is 0 Å². The van der Waals surface area contributed by atoms with Gasteiger partial charge in [0.2, 0.25) is 0 Å². The summed E-state index contributed by atoms with van der Waals surface area (Å²) in [5.41, 5.74) is -0.0654. The Labute approximate surface area is 85.5 Å². The van der Waals surface area contributed by atoms with Crippen molar-refractivity contribution in [2.75, 3.05) is 13.7 Å². The normalized spacial score (nSPS) is 28.6. The number of alkyl halides is 1. The van der Waals surface area contributed by atoms with Gasteiger partial charge in [0, 0.05) is 19.1 Å². The van der Waals surface area contributed by atoms with Crippen molar-refractivity contribution >= 4 is 11.6 Å². The van der Waals surface area contributed by atoms with Crippen molar-refractivity contribution in [1.29, 1.82) is 0 Å². The molecule has 1 rings (SSSR count). The highest BCUT2D eigenvalue weighted by atomic mass is 35.5. The highest BCUT2D eigenvalue weighted by Crippen LogP contribution is 2.28. The van der Waals surface area contributed by atoms with E-state index in [0.29, 0.717) is 11.5 Å². The second kappa shape index (κ2) is 4.63. The van der Waals surface area contributed by atoms with Gasteiger partial charge in [0.15, 0.2) is 0 Å². The lowest BCUT2D eigenvalue weighted by molar-refractivity contribution is -0.0441. The van der Waals surface area contributed by atoms with Crippen LogP contribution in [0.25, 0.3) is 0 Å². The summed E-state index contributed by atoms with van der Waals surface area (Å²) in [5.74, 6) is 0. The van der Waals surface area contributed by atoms with E-state index in [2.05, 4.69) is 13.8 Å². The third kappa shape index (κ3) is 3.84. The minimum Gasteiger partial charge on any atom is -0.379 e. The first kappa shape index (κ1) is 11.3. The van der Waals surface area contributed by atoms with Crippen molar-refractivity contribution in [3.63, 3.8) is 0 Å². The minimum absolute atomic E-state index is 0.0654. The maximum absolute atomic E-state index is 5.84. The van der Waals surface area contributed by atoms with Crippen LogP contribution in [0.2, 0.25) is 0 Å². The number of halogens is 1. The molecule has 1 saturated carbocycles. The monoisotopic (exact) mass is 206 g/mol. The number of rotatable bonds is 5. The topological polar surface area (TPSA) is 18.5 Å². The van der Waals surface area contributed by atoms with Crippen molar-refractivity contribution in [2.45, 2.75) is 50.2 Å². The fraction of sp³-hybridized carbons (Fsp3) is 1.00. The Bertz CT molecular complexity index is 153. The van der Waals surface area contributed by atoms with E-state index in [0.717, 1.165) is 25.9 Å². The van der Waals surface area contributed by atoms with Crippen molar-refractivity contribution in [2.24, 2.45) is 0 Å². The molecule has 0 saturated heterocycles. The fourth-order valence-corrected chi connectivity index (χ4v) is 1.61. The van der Waals surface area contributed by atoms with Gasteiger partial charge in [-0.2, -0.15) is 0 Å². The molecule has 1 aliphatic carbocycles. The first-order chi connectivity index (χ1) is 6.03. The highest BCUT2D eigenvalue weighted by molar-refractivity contribution is 6.21. The van der Waals surface area contributed by atoms with Crippen molar-refractivity contribution in [3.05, 3.63) is 0 Å². The molecule has 0 aliphatic heterocycles. The summed E-state index contributed by atoms with van der Waals surface area (Å²) >= 11 is 5.84. The van der Waals surface area contributed by atoms with Gasteiger partial charge in [0.1, 0.15) is 0 Å². The van der Waals surface area contributed by atoms with E-state index in [1.165, 1.54) is 0 Å². The van der Waals surface area contributed by atoms with Crippen molar-refractivity contribution < 1.29 is 9.47 Å². The lowest BCUT2D eigenvalue weighted by atomic mass is 9.95. The van der Waals surface area contributed by atoms with E-state index in [4.69, 9.17) is 21.1 Å². The summed E-state index contributed by atoms with van der Waals surface area (Å²) in [7, 11) is 1.73. The van der Waals surface area contributed by atoms with E-state index in [1.807, 2.05) is 0 Å². The summed E-state index contributed by atoms with van der Waals surface area (Å²) in [6.07, 6.45) is 3.35. The van der Waals surface area contributed by atoms with Crippen LogP contribution in [0.1, 0.15) is 33.1 Å². The molecule has 0 spiro atoms. The van der Waals surface area contributed by atoms with Gasteiger partial charge in [-0.15, -0.1) is 11.6 Å². The molecule has 1 fully saturated rings. The van der Waals surface area contributed by atoms with Crippen LogP contribution in [0.15, 0.2) is 0 Å². The molecule has 0 N–H and O–H groups in total. The van der Waals surface area contributed by atoms with Crippen LogP contribution in [-0.2, 0) is 9.47 Å². The Morgan fingerprint density at radius 1 is 1.38 bits per heavy atom. The van der Waals surface area contributed by atoms with Crippen LogP contribution in [0, 0.1) is 0 Å². The van der Waals surface area contributed by atoms with Crippen molar-refractivity contribution in [3.8, 4) is 0 Å². The molecule has 1 aliphatic rings. The minimum atomic E-state index is -0.0654. The molecule has 0 radical (unpaired) electrons. The van der Waals surface area contributed by atoms with Crippen LogP contribution in [0.5, 0.6) is 0 Å². The molecule has 0 amide bonds. The lowest BCUT2D eigenvalue weighted by Gasteiger charge is -2.32. The summed E-state index contributed by atoms with van der Waals surface area (Å²) in [6.45, 7) is 4.91. The molecule has 0 atom stereocenters. The molecule has 13 heavy (non-hydrogen) atoms. The van der Waals surface area contributed by atoms with Gasteiger partial charge in [0.25, 0.3) is 0 Å². The largest absolute Gasteiger partial charge is 0.379 e. The lowest BCUT2D eigenvalue weighted by Crippen LogP contribution is -2.33. The van der Waals surface area contributed by atoms with Crippen LogP contribution in [-0.4, -0.2) is 30.8 Å². The standard InChI is InChI=1S/C10H19ClO2/c1-10(2,12-3)4-5-13-9-6-8(11)7-9/h8-9H,4-7H2,1-3H3. The zero-order valence-electron chi connectivity index (χ0n) is 8.68. The zero-order valence-corrected chi connectivity index (χ0v) is 9.43. The summed E-state index contributed by atoms with van der Waals surface area (Å²) < 4.78 is 10.9. The summed E-state index contributed by atoms with van der Waals surface area (Å²) in [4.78, 5) is 0. The van der Waals surface area contributed by atoms with Crippen LogP contribution in [0.3, 0.4) is 0 Å². The second-order valence-corrected chi connectivity index (χ2v) is 4.89. The predicted molar refractivity (Wildman–Crippen MR) is 54.3 cm³/mol. The average molecular weight is 207 g/mol. The Morgan fingerprint density at radius 2 is 2.00 bits per heavy atom. The van der Waals surface area contributed by atoms with E-state index < -0.39 is 0 Å². The number of methoxy groups -OCH3 is 1. The van der Waals surface area contributed by atoms with Gasteiger partial charge < -0.3 is 9.47 Å². The number of hydrogen-bond acceptors (Lipinski definition) is 2. The zero-order chi connectivity index (χ0) is 9.90. The molecule has 0 bridgehead atoms. The molecule has 2 nitrogen and oxygen atoms in total. The number of hydrogen-bond donors (Lipinski definition) is 0. The Hall–Kier alpha value is 0.210. The molecule has 3 heteroatoms. The van der Waals surface area contributed by atoms with Crippen LogP contribution in [0.4, 0.5) is 0 Å². The number of ether oxygens (including phenoxy) is 2. The third-order valence-corrected chi connectivity index (χ3v) is 3.00. The second-order valence-electron chi connectivity index (χ2n) is 4.28. The van der Waals surface area contributed by atoms with Gasteiger partial charge in [-0.25, -0.2) is 0 Å². The van der Waals surface area contributed by atoms with Crippen LogP contribution < -0.4 is 0 Å². The fourth-order valence-electron chi connectivity index (χ4n) is 1.21. The predicted octanol–water partition coefficient (Wildman–Crippen LogP) is 2.59. The quantitative estimate of drug-likeness (QED) is 0.644.